The van der Waals surface area contributed by atoms with E-state index < -0.39 is 16.9 Å². The molecule has 1 aromatic carbocycles. The zero-order valence-corrected chi connectivity index (χ0v) is 14.2. The minimum Gasteiger partial charge on any atom is -0.382 e. The Hall–Kier alpha value is -2.29. The lowest BCUT2D eigenvalue weighted by molar-refractivity contribution is -0.385. The van der Waals surface area contributed by atoms with E-state index in [9.17, 15) is 18.9 Å². The number of hydrogen-bond donors (Lipinski definition) is 2. The summed E-state index contributed by atoms with van der Waals surface area (Å²) in [6, 6.07) is 2.34. The molecule has 0 heterocycles. The van der Waals surface area contributed by atoms with E-state index in [4.69, 9.17) is 11.6 Å². The van der Waals surface area contributed by atoms with Crippen LogP contribution < -0.4 is 11.6 Å². The molecule has 0 amide bonds. The third-order valence-electron chi connectivity index (χ3n) is 3.68. The number of amidine groups is 1. The number of alkyl halides is 2. The van der Waals surface area contributed by atoms with E-state index in [1.165, 1.54) is 6.07 Å². The SMILES string of the molecule is CC.Cc1cc(C)c([N+](=O)[O-])cc1/C(N)=N/N(N)C1CC(F)(F)C1. The Labute approximate surface area is 139 Å². The number of nitro groups is 1. The number of benzene rings is 1. The standard InChI is InChI=1S/C13H17F2N5O2.C2H6/c1-7-3-8(2)11(20(21)22)4-10(7)12(16)18-19(17)9-5-13(14,15)6-9;1-2/h3-4,9H,5-6,17H2,1-2H3,(H2,16,18);1-2H3. The van der Waals surface area contributed by atoms with Gasteiger partial charge in [0.2, 0.25) is 0 Å². The van der Waals surface area contributed by atoms with Gasteiger partial charge in [-0.1, -0.05) is 13.8 Å². The molecule has 0 bridgehead atoms. The summed E-state index contributed by atoms with van der Waals surface area (Å²) in [5, 5.41) is 15.7. The molecule has 1 aliphatic carbocycles. The summed E-state index contributed by atoms with van der Waals surface area (Å²) in [5.41, 5.74) is 7.29. The fourth-order valence-electron chi connectivity index (χ4n) is 2.39. The molecule has 0 spiro atoms. The quantitative estimate of drug-likeness (QED) is 0.287. The molecule has 1 aromatic rings. The van der Waals surface area contributed by atoms with Gasteiger partial charge in [-0.25, -0.2) is 19.7 Å². The van der Waals surface area contributed by atoms with Crippen LogP contribution in [0.1, 0.15) is 43.4 Å². The minimum absolute atomic E-state index is 0.0432. The zero-order valence-electron chi connectivity index (χ0n) is 14.2. The highest BCUT2D eigenvalue weighted by atomic mass is 19.3. The number of aryl methyl sites for hydroxylation is 2. The summed E-state index contributed by atoms with van der Waals surface area (Å²) in [5.74, 6) is 2.85. The Morgan fingerprint density at radius 2 is 1.88 bits per heavy atom. The first-order valence-corrected chi connectivity index (χ1v) is 7.62. The van der Waals surface area contributed by atoms with Crippen molar-refractivity contribution < 1.29 is 13.7 Å². The van der Waals surface area contributed by atoms with Gasteiger partial charge < -0.3 is 5.73 Å². The average Bonchev–Trinajstić information content (AvgIpc) is 2.46. The molecule has 1 fully saturated rings. The summed E-state index contributed by atoms with van der Waals surface area (Å²) in [7, 11) is 0. The van der Waals surface area contributed by atoms with Crippen LogP contribution in [0.2, 0.25) is 0 Å². The van der Waals surface area contributed by atoms with Crippen molar-refractivity contribution in [1.82, 2.24) is 5.12 Å². The number of hydrazone groups is 1. The Bertz CT molecular complexity index is 641. The third-order valence-corrected chi connectivity index (χ3v) is 3.68. The molecule has 0 aromatic heterocycles. The van der Waals surface area contributed by atoms with Crippen molar-refractivity contribution >= 4 is 11.5 Å². The van der Waals surface area contributed by atoms with Gasteiger partial charge in [-0.2, -0.15) is 0 Å². The fourth-order valence-corrected chi connectivity index (χ4v) is 2.39. The first-order chi connectivity index (χ1) is 11.1. The van der Waals surface area contributed by atoms with Gasteiger partial charge in [-0.15, -0.1) is 5.10 Å². The van der Waals surface area contributed by atoms with Crippen LogP contribution in [-0.2, 0) is 0 Å². The van der Waals surface area contributed by atoms with Crippen LogP contribution in [0.25, 0.3) is 0 Å². The van der Waals surface area contributed by atoms with Gasteiger partial charge in [0.05, 0.1) is 11.0 Å². The largest absolute Gasteiger partial charge is 0.382 e. The first-order valence-electron chi connectivity index (χ1n) is 7.62. The second kappa shape index (κ2) is 7.52. The number of halogens is 2. The molecule has 0 unspecified atom stereocenters. The number of rotatable bonds is 4. The van der Waals surface area contributed by atoms with Crippen LogP contribution in [0, 0.1) is 24.0 Å². The topological polar surface area (TPSA) is 111 Å². The molecular weight excluding hydrogens is 320 g/mol. The smallest absolute Gasteiger partial charge is 0.273 e. The van der Waals surface area contributed by atoms with Crippen LogP contribution in [0.4, 0.5) is 14.5 Å². The second-order valence-corrected chi connectivity index (χ2v) is 5.49. The van der Waals surface area contributed by atoms with Crippen LogP contribution in [0.3, 0.4) is 0 Å². The van der Waals surface area contributed by atoms with E-state index in [2.05, 4.69) is 5.10 Å². The van der Waals surface area contributed by atoms with Gasteiger partial charge in [-0.3, -0.25) is 10.1 Å². The number of nitrogens with zero attached hydrogens (tertiary/aromatic N) is 3. The Balaban J connectivity index is 0.00000139. The van der Waals surface area contributed by atoms with Gasteiger partial charge in [0, 0.05) is 30.0 Å². The predicted molar refractivity (Wildman–Crippen MR) is 88.6 cm³/mol. The van der Waals surface area contributed by atoms with Crippen molar-refractivity contribution in [1.29, 1.82) is 0 Å². The minimum atomic E-state index is -2.72. The summed E-state index contributed by atoms with van der Waals surface area (Å²) in [6.45, 7) is 7.35. The maximum absolute atomic E-state index is 12.8. The average molecular weight is 343 g/mol. The molecule has 24 heavy (non-hydrogen) atoms. The summed E-state index contributed by atoms with van der Waals surface area (Å²) >= 11 is 0. The van der Waals surface area contributed by atoms with E-state index in [-0.39, 0.29) is 24.4 Å². The van der Waals surface area contributed by atoms with Crippen LogP contribution in [0.5, 0.6) is 0 Å². The Morgan fingerprint density at radius 1 is 1.33 bits per heavy atom. The van der Waals surface area contributed by atoms with Crippen LogP contribution in [0.15, 0.2) is 17.2 Å². The van der Waals surface area contributed by atoms with Crippen molar-refractivity contribution in [3.63, 3.8) is 0 Å². The lowest BCUT2D eigenvalue weighted by atomic mass is 9.88. The molecule has 0 atom stereocenters. The lowest BCUT2D eigenvalue weighted by Crippen LogP contribution is -2.52. The second-order valence-electron chi connectivity index (χ2n) is 5.49. The molecule has 1 aliphatic rings. The van der Waals surface area contributed by atoms with E-state index >= 15 is 0 Å². The fraction of sp³-hybridized carbons (Fsp3) is 0.533. The van der Waals surface area contributed by atoms with Crippen LogP contribution in [-0.4, -0.2) is 27.8 Å². The van der Waals surface area contributed by atoms with Gasteiger partial charge in [0.1, 0.15) is 0 Å². The summed E-state index contributed by atoms with van der Waals surface area (Å²) < 4.78 is 25.6. The van der Waals surface area contributed by atoms with Gasteiger partial charge in [0.15, 0.2) is 5.84 Å². The first kappa shape index (κ1) is 19.8. The van der Waals surface area contributed by atoms with Gasteiger partial charge in [0.25, 0.3) is 11.6 Å². The lowest BCUT2D eigenvalue weighted by Gasteiger charge is -2.38. The van der Waals surface area contributed by atoms with E-state index in [1.54, 1.807) is 19.9 Å². The third kappa shape index (κ3) is 4.38. The van der Waals surface area contributed by atoms with E-state index in [0.29, 0.717) is 16.7 Å². The molecule has 9 heteroatoms. The van der Waals surface area contributed by atoms with Crippen molar-refractivity contribution in [3.8, 4) is 0 Å². The highest BCUT2D eigenvalue weighted by molar-refractivity contribution is 5.99. The Kier molecular flexibility index (Phi) is 6.19. The number of nitrogens with two attached hydrogens (primary N) is 2. The van der Waals surface area contributed by atoms with Crippen molar-refractivity contribution in [2.24, 2.45) is 16.7 Å². The molecule has 134 valence electrons. The van der Waals surface area contributed by atoms with Gasteiger partial charge in [-0.05, 0) is 25.5 Å². The van der Waals surface area contributed by atoms with Gasteiger partial charge >= 0.3 is 0 Å². The number of hydrogen-bond acceptors (Lipinski definition) is 5. The predicted octanol–water partition coefficient (Wildman–Crippen LogP) is 2.83. The summed E-state index contributed by atoms with van der Waals surface area (Å²) in [4.78, 5) is 10.5. The van der Waals surface area contributed by atoms with E-state index in [1.807, 2.05) is 13.8 Å². The summed E-state index contributed by atoms with van der Waals surface area (Å²) in [6.07, 6.45) is -0.763. The Morgan fingerprint density at radius 3 is 2.33 bits per heavy atom. The maximum Gasteiger partial charge on any atom is 0.273 e. The van der Waals surface area contributed by atoms with Crippen molar-refractivity contribution in [2.45, 2.75) is 52.5 Å². The maximum atomic E-state index is 12.8. The monoisotopic (exact) mass is 343 g/mol. The zero-order chi connectivity index (χ0) is 18.7. The van der Waals surface area contributed by atoms with Crippen molar-refractivity contribution in [2.75, 3.05) is 0 Å². The molecule has 1 saturated carbocycles. The molecule has 4 N–H and O–H groups in total. The normalized spacial score (nSPS) is 16.7. The number of nitro benzene ring substituents is 1. The van der Waals surface area contributed by atoms with Crippen molar-refractivity contribution in [3.05, 3.63) is 38.9 Å². The molecule has 0 saturated heterocycles. The molecule has 0 radical (unpaired) electrons. The molecule has 0 aliphatic heterocycles. The number of hydrazine groups is 1. The highest BCUT2D eigenvalue weighted by Gasteiger charge is 2.47. The van der Waals surface area contributed by atoms with E-state index in [0.717, 1.165) is 5.12 Å². The molecule has 2 rings (SSSR count). The molecular formula is C15H23F2N5O2. The highest BCUT2D eigenvalue weighted by Crippen LogP contribution is 2.39. The molecule has 7 nitrogen and oxygen atoms in total. The van der Waals surface area contributed by atoms with Crippen LogP contribution >= 0.6 is 0 Å².